The zero-order valence-corrected chi connectivity index (χ0v) is 18.1. The molecular formula is C25H24FN5O. The van der Waals surface area contributed by atoms with Gasteiger partial charge in [0.25, 0.3) is 0 Å². The van der Waals surface area contributed by atoms with Crippen LogP contribution in [0.15, 0.2) is 55.0 Å². The number of anilines is 2. The molecule has 2 aromatic carbocycles. The molecule has 0 bridgehead atoms. The van der Waals surface area contributed by atoms with Crippen LogP contribution in [0.1, 0.15) is 24.0 Å². The van der Waals surface area contributed by atoms with Gasteiger partial charge < -0.3 is 11.1 Å². The highest BCUT2D eigenvalue weighted by molar-refractivity contribution is 6.00. The molecule has 5 rings (SSSR count). The summed E-state index contributed by atoms with van der Waals surface area (Å²) in [6, 6.07) is 11.1. The average Bonchev–Trinajstić information content (AvgIpc) is 3.25. The van der Waals surface area contributed by atoms with Crippen molar-refractivity contribution in [1.82, 2.24) is 14.8 Å². The van der Waals surface area contributed by atoms with E-state index in [1.165, 1.54) is 6.20 Å². The number of hydrogen-bond acceptors (Lipinski definition) is 4. The summed E-state index contributed by atoms with van der Waals surface area (Å²) in [5, 5.41) is 8.38. The second-order valence-corrected chi connectivity index (χ2v) is 8.60. The number of carbonyl (C=O) groups is 1. The summed E-state index contributed by atoms with van der Waals surface area (Å²) in [6.07, 6.45) is 5.28. The molecule has 4 aromatic rings. The van der Waals surface area contributed by atoms with E-state index >= 15 is 4.39 Å². The monoisotopic (exact) mass is 429 g/mol. The van der Waals surface area contributed by atoms with Crippen LogP contribution in [0.5, 0.6) is 0 Å². The molecular weight excluding hydrogens is 405 g/mol. The fourth-order valence-corrected chi connectivity index (χ4v) is 4.63. The second-order valence-electron chi connectivity index (χ2n) is 8.60. The standard InChI is InChI=1S/C25H24FN5O/c1-13-6-4-5-7-17(13)18-8-15-9-20(28-11-19(15)24(27)23(18)26)30-25(32)22-14(2)21(22)16-10-29-31(3)12-16/h4-12,14,21-22H,27H2,1-3H3,(H,28,30,32)/t14-,21-,22+/m0/s1. The van der Waals surface area contributed by atoms with Crippen LogP contribution in [0.3, 0.4) is 0 Å². The van der Waals surface area contributed by atoms with E-state index in [4.69, 9.17) is 5.73 Å². The Hall–Kier alpha value is -3.74. The first-order chi connectivity index (χ1) is 15.3. The van der Waals surface area contributed by atoms with E-state index in [1.807, 2.05) is 50.6 Å². The van der Waals surface area contributed by atoms with Crippen molar-refractivity contribution >= 4 is 28.2 Å². The van der Waals surface area contributed by atoms with E-state index in [0.717, 1.165) is 22.1 Å². The second kappa shape index (κ2) is 7.44. The van der Waals surface area contributed by atoms with Gasteiger partial charge in [-0.1, -0.05) is 31.2 Å². The number of nitrogen functional groups attached to an aromatic ring is 1. The molecule has 1 fully saturated rings. The lowest BCUT2D eigenvalue weighted by molar-refractivity contribution is -0.117. The number of benzene rings is 2. The summed E-state index contributed by atoms with van der Waals surface area (Å²) < 4.78 is 16.8. The number of nitrogens with two attached hydrogens (primary N) is 1. The fraction of sp³-hybridized carbons (Fsp3) is 0.240. The Morgan fingerprint density at radius 2 is 1.97 bits per heavy atom. The van der Waals surface area contributed by atoms with Crippen molar-refractivity contribution in [3.05, 3.63) is 71.9 Å². The minimum absolute atomic E-state index is 0.0542. The highest BCUT2D eigenvalue weighted by Gasteiger charge is 2.52. The number of fused-ring (bicyclic) bond motifs is 1. The van der Waals surface area contributed by atoms with Crippen molar-refractivity contribution in [1.29, 1.82) is 0 Å². The van der Waals surface area contributed by atoms with Gasteiger partial charge in [-0.05, 0) is 47.1 Å². The van der Waals surface area contributed by atoms with E-state index in [1.54, 1.807) is 16.8 Å². The molecule has 32 heavy (non-hydrogen) atoms. The highest BCUT2D eigenvalue weighted by atomic mass is 19.1. The molecule has 1 aliphatic carbocycles. The van der Waals surface area contributed by atoms with E-state index in [9.17, 15) is 4.79 Å². The zero-order valence-electron chi connectivity index (χ0n) is 18.1. The van der Waals surface area contributed by atoms with Gasteiger partial charge in [-0.15, -0.1) is 0 Å². The maximum absolute atomic E-state index is 15.0. The molecule has 0 aliphatic heterocycles. The molecule has 0 spiro atoms. The number of nitrogens with one attached hydrogen (secondary N) is 1. The van der Waals surface area contributed by atoms with Crippen LogP contribution < -0.4 is 11.1 Å². The van der Waals surface area contributed by atoms with Crippen molar-refractivity contribution in [3.63, 3.8) is 0 Å². The third-order valence-electron chi connectivity index (χ3n) is 6.48. The number of nitrogens with zero attached hydrogens (tertiary/aromatic N) is 3. The quantitative estimate of drug-likeness (QED) is 0.462. The summed E-state index contributed by atoms with van der Waals surface area (Å²) in [4.78, 5) is 17.2. The molecule has 1 amide bonds. The third-order valence-corrected chi connectivity index (χ3v) is 6.48. The zero-order chi connectivity index (χ0) is 22.6. The van der Waals surface area contributed by atoms with Gasteiger partial charge in [-0.3, -0.25) is 9.48 Å². The number of hydrogen-bond donors (Lipinski definition) is 2. The molecule has 1 aliphatic rings. The van der Waals surface area contributed by atoms with Crippen molar-refractivity contribution in [3.8, 4) is 11.1 Å². The van der Waals surface area contributed by atoms with Crippen LogP contribution >= 0.6 is 0 Å². The maximum atomic E-state index is 15.0. The number of halogens is 1. The predicted molar refractivity (Wildman–Crippen MR) is 124 cm³/mol. The minimum atomic E-state index is -0.462. The first-order valence-electron chi connectivity index (χ1n) is 10.6. The van der Waals surface area contributed by atoms with Gasteiger partial charge in [0, 0.05) is 42.2 Å². The number of amides is 1. The van der Waals surface area contributed by atoms with Crippen LogP contribution in [-0.2, 0) is 11.8 Å². The first-order valence-corrected chi connectivity index (χ1v) is 10.6. The Morgan fingerprint density at radius 3 is 2.69 bits per heavy atom. The van der Waals surface area contributed by atoms with E-state index < -0.39 is 5.82 Å². The molecule has 2 heterocycles. The molecule has 7 heteroatoms. The van der Waals surface area contributed by atoms with Crippen LogP contribution in [-0.4, -0.2) is 20.7 Å². The van der Waals surface area contributed by atoms with Crippen molar-refractivity contribution in [2.45, 2.75) is 19.8 Å². The number of carbonyl (C=O) groups excluding carboxylic acids is 1. The number of pyridine rings is 1. The lowest BCUT2D eigenvalue weighted by Gasteiger charge is -2.13. The third kappa shape index (κ3) is 3.30. The highest BCUT2D eigenvalue weighted by Crippen LogP contribution is 2.54. The van der Waals surface area contributed by atoms with Crippen LogP contribution in [0.25, 0.3) is 21.9 Å². The Labute approximate surface area is 185 Å². The van der Waals surface area contributed by atoms with Gasteiger partial charge >= 0.3 is 0 Å². The fourth-order valence-electron chi connectivity index (χ4n) is 4.63. The smallest absolute Gasteiger partial charge is 0.229 e. The molecule has 162 valence electrons. The van der Waals surface area contributed by atoms with Crippen molar-refractivity contribution in [2.75, 3.05) is 11.1 Å². The molecule has 3 N–H and O–H groups in total. The van der Waals surface area contributed by atoms with Gasteiger partial charge in [0.2, 0.25) is 5.91 Å². The average molecular weight is 429 g/mol. The van der Waals surface area contributed by atoms with E-state index in [0.29, 0.717) is 16.8 Å². The summed E-state index contributed by atoms with van der Waals surface area (Å²) in [6.45, 7) is 4.00. The summed E-state index contributed by atoms with van der Waals surface area (Å²) >= 11 is 0. The Morgan fingerprint density at radius 1 is 1.19 bits per heavy atom. The number of rotatable bonds is 4. The van der Waals surface area contributed by atoms with Crippen molar-refractivity contribution in [2.24, 2.45) is 18.9 Å². The summed E-state index contributed by atoms with van der Waals surface area (Å²) in [5.41, 5.74) is 9.40. The topological polar surface area (TPSA) is 85.8 Å². The van der Waals surface area contributed by atoms with Gasteiger partial charge in [-0.25, -0.2) is 9.37 Å². The largest absolute Gasteiger partial charge is 0.396 e. The molecule has 3 atom stereocenters. The molecule has 2 aromatic heterocycles. The van der Waals surface area contributed by atoms with E-state index in [2.05, 4.69) is 22.3 Å². The van der Waals surface area contributed by atoms with Crippen molar-refractivity contribution < 1.29 is 9.18 Å². The minimum Gasteiger partial charge on any atom is -0.396 e. The summed E-state index contributed by atoms with van der Waals surface area (Å²) in [7, 11) is 1.87. The Bertz CT molecular complexity index is 1360. The lowest BCUT2D eigenvalue weighted by atomic mass is 9.96. The number of aryl methyl sites for hydroxylation is 2. The first kappa shape index (κ1) is 20.2. The molecule has 1 saturated carbocycles. The Balaban J connectivity index is 1.45. The molecule has 0 saturated heterocycles. The van der Waals surface area contributed by atoms with Crippen LogP contribution in [0, 0.1) is 24.6 Å². The normalized spacial score (nSPS) is 19.8. The van der Waals surface area contributed by atoms with Gasteiger partial charge in [0.1, 0.15) is 5.82 Å². The number of aromatic nitrogens is 3. The SMILES string of the molecule is Cc1ccccc1-c1cc2cc(NC(=O)[C@@H]3[C@@H](C)[C@H]3c3cnn(C)c3)ncc2c(N)c1F. The maximum Gasteiger partial charge on any atom is 0.229 e. The van der Waals surface area contributed by atoms with Gasteiger partial charge in [0.05, 0.1) is 11.9 Å². The molecule has 6 nitrogen and oxygen atoms in total. The lowest BCUT2D eigenvalue weighted by Crippen LogP contribution is -2.16. The summed E-state index contributed by atoms with van der Waals surface area (Å²) in [5.74, 6) is 0.147. The Kier molecular flexibility index (Phi) is 4.69. The van der Waals surface area contributed by atoms with Gasteiger partial charge in [-0.2, -0.15) is 5.10 Å². The molecule has 0 radical (unpaired) electrons. The van der Waals surface area contributed by atoms with Crippen LogP contribution in [0.4, 0.5) is 15.9 Å². The molecule has 0 unspecified atom stereocenters. The predicted octanol–water partition coefficient (Wildman–Crippen LogP) is 4.65. The van der Waals surface area contributed by atoms with Gasteiger partial charge in [0.15, 0.2) is 5.82 Å². The van der Waals surface area contributed by atoms with Crippen LogP contribution in [0.2, 0.25) is 0 Å². The van der Waals surface area contributed by atoms with E-state index in [-0.39, 0.29) is 29.3 Å².